The Balaban J connectivity index is 2.12. The minimum atomic E-state index is -0.0316. The fourth-order valence-corrected chi connectivity index (χ4v) is 2.00. The van der Waals surface area contributed by atoms with E-state index in [1.807, 2.05) is 18.2 Å². The fraction of sp³-hybridized carbons (Fsp3) is 0.417. The van der Waals surface area contributed by atoms with Gasteiger partial charge in [-0.3, -0.25) is 4.98 Å². The smallest absolute Gasteiger partial charge is 0.320 e. The third-order valence-electron chi connectivity index (χ3n) is 2.96. The van der Waals surface area contributed by atoms with Crippen molar-refractivity contribution in [1.29, 1.82) is 5.26 Å². The number of hydrogen-bond acceptors (Lipinski definition) is 3. The molecule has 1 unspecified atom stereocenters. The van der Waals surface area contributed by atoms with Crippen LogP contribution < -0.4 is 0 Å². The molecular weight excluding hydrogens is 216 g/mol. The van der Waals surface area contributed by atoms with Crippen LogP contribution in [0, 0.1) is 11.3 Å². The summed E-state index contributed by atoms with van der Waals surface area (Å²) >= 11 is 0. The second-order valence-corrected chi connectivity index (χ2v) is 4.02. The Hall–Kier alpha value is -2.09. The van der Waals surface area contributed by atoms with E-state index in [9.17, 15) is 4.79 Å². The second-order valence-electron chi connectivity index (χ2n) is 4.02. The molecule has 17 heavy (non-hydrogen) atoms. The maximum atomic E-state index is 11.9. The summed E-state index contributed by atoms with van der Waals surface area (Å²) in [6.07, 6.45) is 2.10. The van der Waals surface area contributed by atoms with Gasteiger partial charge in [0.1, 0.15) is 0 Å². The number of hydrogen-bond donors (Lipinski definition) is 0. The molecule has 1 aliphatic rings. The lowest BCUT2D eigenvalue weighted by Gasteiger charge is -2.16. The quantitative estimate of drug-likeness (QED) is 0.788. The number of amides is 2. The summed E-state index contributed by atoms with van der Waals surface area (Å²) in [5.74, 6) is 0. The molecule has 5 nitrogen and oxygen atoms in total. The Morgan fingerprint density at radius 3 is 3.06 bits per heavy atom. The van der Waals surface area contributed by atoms with Crippen LogP contribution in [0.3, 0.4) is 0 Å². The monoisotopic (exact) mass is 230 g/mol. The van der Waals surface area contributed by atoms with Crippen molar-refractivity contribution in [2.45, 2.75) is 12.5 Å². The highest BCUT2D eigenvalue weighted by Crippen LogP contribution is 2.26. The SMILES string of the molecule is CN1C(=O)N(CCC#N)CC1c1ccccn1. The molecule has 0 aliphatic carbocycles. The summed E-state index contributed by atoms with van der Waals surface area (Å²) < 4.78 is 0. The summed E-state index contributed by atoms with van der Waals surface area (Å²) in [7, 11) is 1.77. The number of rotatable bonds is 3. The lowest BCUT2D eigenvalue weighted by molar-refractivity contribution is 0.196. The predicted molar refractivity (Wildman–Crippen MR) is 61.9 cm³/mol. The zero-order chi connectivity index (χ0) is 12.3. The average molecular weight is 230 g/mol. The lowest BCUT2D eigenvalue weighted by Crippen LogP contribution is -2.30. The van der Waals surface area contributed by atoms with Crippen LogP contribution in [-0.2, 0) is 0 Å². The topological polar surface area (TPSA) is 60.2 Å². The van der Waals surface area contributed by atoms with Crippen LogP contribution in [-0.4, -0.2) is 41.0 Å². The zero-order valence-corrected chi connectivity index (χ0v) is 9.71. The Morgan fingerprint density at radius 2 is 2.41 bits per heavy atom. The molecule has 2 rings (SSSR count). The molecule has 0 aromatic carbocycles. The molecule has 2 amide bonds. The van der Waals surface area contributed by atoms with Gasteiger partial charge in [0.25, 0.3) is 0 Å². The second kappa shape index (κ2) is 4.83. The van der Waals surface area contributed by atoms with Gasteiger partial charge in [0.15, 0.2) is 0 Å². The first-order valence-corrected chi connectivity index (χ1v) is 5.53. The molecule has 5 heteroatoms. The molecule has 1 atom stereocenters. The maximum absolute atomic E-state index is 11.9. The molecule has 2 heterocycles. The molecule has 0 radical (unpaired) electrons. The van der Waals surface area contributed by atoms with Gasteiger partial charge in [-0.2, -0.15) is 5.26 Å². The van der Waals surface area contributed by atoms with Crippen molar-refractivity contribution >= 4 is 6.03 Å². The predicted octanol–water partition coefficient (Wildman–Crippen LogP) is 1.40. The first-order chi connectivity index (χ1) is 8.24. The fourth-order valence-electron chi connectivity index (χ4n) is 2.00. The standard InChI is InChI=1S/C12H14N4O/c1-15-11(10-5-2-3-7-14-10)9-16(12(15)17)8-4-6-13/h2-3,5,7,11H,4,8-9H2,1H3. The van der Waals surface area contributed by atoms with Crippen LogP contribution >= 0.6 is 0 Å². The first-order valence-electron chi connectivity index (χ1n) is 5.53. The van der Waals surface area contributed by atoms with Crippen molar-refractivity contribution in [2.75, 3.05) is 20.1 Å². The van der Waals surface area contributed by atoms with E-state index in [1.54, 1.807) is 23.0 Å². The van der Waals surface area contributed by atoms with Gasteiger partial charge in [-0.15, -0.1) is 0 Å². The van der Waals surface area contributed by atoms with Crippen LogP contribution in [0.1, 0.15) is 18.2 Å². The number of nitrogens with zero attached hydrogens (tertiary/aromatic N) is 4. The van der Waals surface area contributed by atoms with Gasteiger partial charge in [-0.1, -0.05) is 6.07 Å². The van der Waals surface area contributed by atoms with Crippen molar-refractivity contribution in [1.82, 2.24) is 14.8 Å². The minimum Gasteiger partial charge on any atom is -0.321 e. The van der Waals surface area contributed by atoms with Crippen molar-refractivity contribution in [3.8, 4) is 6.07 Å². The number of urea groups is 1. The number of nitriles is 1. The minimum absolute atomic E-state index is 0.0117. The summed E-state index contributed by atoms with van der Waals surface area (Å²) in [4.78, 5) is 19.6. The Morgan fingerprint density at radius 1 is 1.59 bits per heavy atom. The van der Waals surface area contributed by atoms with Crippen molar-refractivity contribution in [2.24, 2.45) is 0 Å². The molecule has 1 aromatic rings. The largest absolute Gasteiger partial charge is 0.321 e. The molecule has 0 N–H and O–H groups in total. The van der Waals surface area contributed by atoms with Gasteiger partial charge >= 0.3 is 6.03 Å². The molecule has 1 aliphatic heterocycles. The Kier molecular flexibility index (Phi) is 3.24. The third-order valence-corrected chi connectivity index (χ3v) is 2.96. The van der Waals surface area contributed by atoms with Crippen LogP contribution in [0.2, 0.25) is 0 Å². The first kappa shape index (κ1) is 11.4. The summed E-state index contributed by atoms with van der Waals surface area (Å²) in [6.45, 7) is 1.09. The highest BCUT2D eigenvalue weighted by Gasteiger charge is 2.35. The van der Waals surface area contributed by atoms with Crippen LogP contribution in [0.4, 0.5) is 4.79 Å². The van der Waals surface area contributed by atoms with Crippen molar-refractivity contribution in [3.63, 3.8) is 0 Å². The van der Waals surface area contributed by atoms with E-state index in [4.69, 9.17) is 5.26 Å². The number of likely N-dealkylation sites (N-methyl/N-ethyl adjacent to an activating group) is 1. The van der Waals surface area contributed by atoms with E-state index in [1.165, 1.54) is 0 Å². The number of aromatic nitrogens is 1. The van der Waals surface area contributed by atoms with E-state index in [0.717, 1.165) is 5.69 Å². The third kappa shape index (κ3) is 2.21. The number of carbonyl (C=O) groups is 1. The van der Waals surface area contributed by atoms with Crippen molar-refractivity contribution in [3.05, 3.63) is 30.1 Å². The van der Waals surface area contributed by atoms with E-state index in [-0.39, 0.29) is 12.1 Å². The molecule has 1 aromatic heterocycles. The summed E-state index contributed by atoms with van der Waals surface area (Å²) in [5, 5.41) is 8.55. The normalized spacial score (nSPS) is 19.5. The number of carbonyl (C=O) groups excluding carboxylic acids is 1. The summed E-state index contributed by atoms with van der Waals surface area (Å²) in [6, 6.07) is 7.70. The van der Waals surface area contributed by atoms with Gasteiger partial charge in [-0.05, 0) is 12.1 Å². The number of pyridine rings is 1. The molecule has 1 saturated heterocycles. The van der Waals surface area contributed by atoms with E-state index in [2.05, 4.69) is 11.1 Å². The Bertz CT molecular complexity index is 440. The molecular formula is C12H14N4O. The molecule has 88 valence electrons. The molecule has 0 saturated carbocycles. The lowest BCUT2D eigenvalue weighted by atomic mass is 10.2. The maximum Gasteiger partial charge on any atom is 0.320 e. The molecule has 0 spiro atoms. The summed E-state index contributed by atoms with van der Waals surface area (Å²) in [5.41, 5.74) is 0.891. The molecule has 0 bridgehead atoms. The van der Waals surface area contributed by atoms with E-state index < -0.39 is 0 Å². The Labute approximate surface area is 100 Å². The zero-order valence-electron chi connectivity index (χ0n) is 9.71. The van der Waals surface area contributed by atoms with Crippen molar-refractivity contribution < 1.29 is 4.79 Å². The van der Waals surface area contributed by atoms with Gasteiger partial charge in [0, 0.05) is 26.3 Å². The van der Waals surface area contributed by atoms with Crippen LogP contribution in [0.5, 0.6) is 0 Å². The van der Waals surface area contributed by atoms with E-state index in [0.29, 0.717) is 19.5 Å². The van der Waals surface area contributed by atoms with Gasteiger partial charge in [-0.25, -0.2) is 4.79 Å². The van der Waals surface area contributed by atoms with Crippen LogP contribution in [0.25, 0.3) is 0 Å². The average Bonchev–Trinajstić information content (AvgIpc) is 2.65. The van der Waals surface area contributed by atoms with Gasteiger partial charge < -0.3 is 9.80 Å². The van der Waals surface area contributed by atoms with Gasteiger partial charge in [0.05, 0.1) is 24.2 Å². The molecule has 1 fully saturated rings. The highest BCUT2D eigenvalue weighted by molar-refractivity contribution is 5.77. The highest BCUT2D eigenvalue weighted by atomic mass is 16.2. The van der Waals surface area contributed by atoms with E-state index >= 15 is 0 Å². The van der Waals surface area contributed by atoms with Crippen LogP contribution in [0.15, 0.2) is 24.4 Å². The van der Waals surface area contributed by atoms with Gasteiger partial charge in [0.2, 0.25) is 0 Å².